The second kappa shape index (κ2) is 12.3. The first-order valence-electron chi connectivity index (χ1n) is 11.4. The Bertz CT molecular complexity index is 936. The zero-order valence-electron chi connectivity index (χ0n) is 19.3. The molecule has 1 saturated carbocycles. The fourth-order valence-corrected chi connectivity index (χ4v) is 4.89. The molecule has 3 rings (SSSR count). The van der Waals surface area contributed by atoms with Crippen LogP contribution in [0.1, 0.15) is 67.2 Å². The molecule has 2 N–H and O–H groups in total. The molecule has 0 unspecified atom stereocenters. The second-order valence-corrected chi connectivity index (χ2v) is 8.68. The quantitative estimate of drug-likeness (QED) is 0.494. The van der Waals surface area contributed by atoms with Gasteiger partial charge in [-0.1, -0.05) is 12.8 Å². The van der Waals surface area contributed by atoms with Gasteiger partial charge in [-0.3, -0.25) is 20.4 Å². The maximum absolute atomic E-state index is 12.8. The number of benzene rings is 1. The predicted molar refractivity (Wildman–Crippen MR) is 127 cm³/mol. The first kappa shape index (κ1) is 24.7. The Morgan fingerprint density at radius 3 is 2.18 bits per heavy atom. The SMILES string of the molecule is CCOc1cc(C(=O)NNC(=O)c2cccnc2SC2CCCC2)cc(OCC)c1OCC. The molecule has 2 aromatic rings. The lowest BCUT2D eigenvalue weighted by Gasteiger charge is -2.17. The summed E-state index contributed by atoms with van der Waals surface area (Å²) in [4.78, 5) is 30.0. The topological polar surface area (TPSA) is 98.8 Å². The zero-order valence-corrected chi connectivity index (χ0v) is 20.1. The van der Waals surface area contributed by atoms with Gasteiger partial charge >= 0.3 is 0 Å². The molecule has 2 amide bonds. The summed E-state index contributed by atoms with van der Waals surface area (Å²) in [5.74, 6) is 0.347. The van der Waals surface area contributed by atoms with Crippen molar-refractivity contribution < 1.29 is 23.8 Å². The highest BCUT2D eigenvalue weighted by Crippen LogP contribution is 2.39. The standard InChI is InChI=1S/C24H31N3O5S/c1-4-30-19-14-16(15-20(31-5-2)21(19)32-6-3)22(28)26-27-23(29)18-12-9-13-25-24(18)33-17-10-7-8-11-17/h9,12-15,17H,4-8,10-11H2,1-3H3,(H,26,28)(H,27,29). The van der Waals surface area contributed by atoms with Crippen molar-refractivity contribution in [3.05, 3.63) is 41.6 Å². The highest BCUT2D eigenvalue weighted by atomic mass is 32.2. The number of rotatable bonds is 10. The van der Waals surface area contributed by atoms with Crippen molar-refractivity contribution in [3.63, 3.8) is 0 Å². The summed E-state index contributed by atoms with van der Waals surface area (Å²) in [6.07, 6.45) is 6.34. The van der Waals surface area contributed by atoms with E-state index in [9.17, 15) is 9.59 Å². The highest BCUT2D eigenvalue weighted by molar-refractivity contribution is 7.99. The molecule has 1 aliphatic carbocycles. The van der Waals surface area contributed by atoms with Crippen LogP contribution in [0.4, 0.5) is 0 Å². The van der Waals surface area contributed by atoms with Crippen LogP contribution in [0.25, 0.3) is 0 Å². The minimum Gasteiger partial charge on any atom is -0.490 e. The summed E-state index contributed by atoms with van der Waals surface area (Å²) in [5, 5.41) is 1.15. The zero-order chi connectivity index (χ0) is 23.6. The Labute approximate surface area is 198 Å². The van der Waals surface area contributed by atoms with Gasteiger partial charge < -0.3 is 14.2 Å². The van der Waals surface area contributed by atoms with Gasteiger partial charge in [-0.05, 0) is 57.9 Å². The number of pyridine rings is 1. The first-order valence-corrected chi connectivity index (χ1v) is 12.2. The third-order valence-corrected chi connectivity index (χ3v) is 6.41. The van der Waals surface area contributed by atoms with E-state index in [1.54, 1.807) is 42.2 Å². The Balaban J connectivity index is 1.73. The molecule has 1 fully saturated rings. The van der Waals surface area contributed by atoms with E-state index in [0.717, 1.165) is 12.8 Å². The summed E-state index contributed by atoms with van der Waals surface area (Å²) < 4.78 is 17.0. The number of nitrogens with zero attached hydrogens (tertiary/aromatic N) is 1. The molecule has 33 heavy (non-hydrogen) atoms. The molecule has 0 aliphatic heterocycles. The number of hydrogen-bond donors (Lipinski definition) is 2. The summed E-state index contributed by atoms with van der Waals surface area (Å²) in [6, 6.07) is 6.57. The van der Waals surface area contributed by atoms with Crippen molar-refractivity contribution in [2.45, 2.75) is 56.7 Å². The van der Waals surface area contributed by atoms with Crippen molar-refractivity contribution in [2.24, 2.45) is 0 Å². The molecule has 0 bridgehead atoms. The predicted octanol–water partition coefficient (Wildman–Crippen LogP) is 4.39. The van der Waals surface area contributed by atoms with Gasteiger partial charge in [0.05, 0.1) is 25.4 Å². The van der Waals surface area contributed by atoms with Crippen LogP contribution in [-0.4, -0.2) is 41.9 Å². The summed E-state index contributed by atoms with van der Waals surface area (Å²) in [5.41, 5.74) is 5.69. The minimum absolute atomic E-state index is 0.275. The Morgan fingerprint density at radius 2 is 1.58 bits per heavy atom. The van der Waals surface area contributed by atoms with Crippen LogP contribution < -0.4 is 25.1 Å². The lowest BCUT2D eigenvalue weighted by Crippen LogP contribution is -2.41. The molecule has 0 radical (unpaired) electrons. The van der Waals surface area contributed by atoms with E-state index >= 15 is 0 Å². The first-order chi connectivity index (χ1) is 16.1. The number of aromatic nitrogens is 1. The molecule has 1 heterocycles. The van der Waals surface area contributed by atoms with Crippen LogP contribution in [0.2, 0.25) is 0 Å². The molecular weight excluding hydrogens is 442 g/mol. The van der Waals surface area contributed by atoms with Crippen LogP contribution in [0, 0.1) is 0 Å². The number of thioether (sulfide) groups is 1. The van der Waals surface area contributed by atoms with Crippen LogP contribution in [0.3, 0.4) is 0 Å². The number of hydrazine groups is 1. The number of carbonyl (C=O) groups excluding carboxylic acids is 2. The lowest BCUT2D eigenvalue weighted by molar-refractivity contribution is 0.0844. The summed E-state index contributed by atoms with van der Waals surface area (Å²) >= 11 is 1.63. The number of amides is 2. The molecule has 1 aromatic heterocycles. The van der Waals surface area contributed by atoms with E-state index in [0.29, 0.717) is 52.9 Å². The average Bonchev–Trinajstić information content (AvgIpc) is 3.33. The fourth-order valence-electron chi connectivity index (χ4n) is 3.59. The second-order valence-electron chi connectivity index (χ2n) is 7.39. The molecule has 0 spiro atoms. The van der Waals surface area contributed by atoms with Crippen molar-refractivity contribution in [2.75, 3.05) is 19.8 Å². The highest BCUT2D eigenvalue weighted by Gasteiger charge is 2.22. The molecule has 1 aromatic carbocycles. The molecule has 1 aliphatic rings. The van der Waals surface area contributed by atoms with E-state index < -0.39 is 11.8 Å². The number of hydrogen-bond acceptors (Lipinski definition) is 7. The smallest absolute Gasteiger partial charge is 0.272 e. The molecule has 178 valence electrons. The molecule has 0 atom stereocenters. The van der Waals surface area contributed by atoms with E-state index in [4.69, 9.17) is 14.2 Å². The van der Waals surface area contributed by atoms with Crippen molar-refractivity contribution >= 4 is 23.6 Å². The van der Waals surface area contributed by atoms with Crippen LogP contribution in [0.5, 0.6) is 17.2 Å². The monoisotopic (exact) mass is 473 g/mol. The van der Waals surface area contributed by atoms with Crippen molar-refractivity contribution in [1.82, 2.24) is 15.8 Å². The number of nitrogens with one attached hydrogen (secondary N) is 2. The van der Waals surface area contributed by atoms with E-state index in [2.05, 4.69) is 15.8 Å². The molecule has 0 saturated heterocycles. The van der Waals surface area contributed by atoms with Gasteiger partial charge in [0.25, 0.3) is 11.8 Å². The van der Waals surface area contributed by atoms with Gasteiger partial charge in [0.2, 0.25) is 5.75 Å². The Morgan fingerprint density at radius 1 is 0.970 bits per heavy atom. The third kappa shape index (κ3) is 6.54. The van der Waals surface area contributed by atoms with Gasteiger partial charge in [-0.15, -0.1) is 11.8 Å². The maximum atomic E-state index is 12.8. The van der Waals surface area contributed by atoms with Gasteiger partial charge in [-0.2, -0.15) is 0 Å². The Kier molecular flexibility index (Phi) is 9.24. The van der Waals surface area contributed by atoms with Crippen molar-refractivity contribution in [1.29, 1.82) is 0 Å². The summed E-state index contributed by atoms with van der Waals surface area (Å²) in [7, 11) is 0. The largest absolute Gasteiger partial charge is 0.490 e. The number of carbonyl (C=O) groups is 2. The molecular formula is C24H31N3O5S. The third-order valence-electron chi connectivity index (χ3n) is 5.06. The van der Waals surface area contributed by atoms with Gasteiger partial charge in [0.15, 0.2) is 11.5 Å². The Hall–Kier alpha value is -2.94. The maximum Gasteiger partial charge on any atom is 0.272 e. The van der Waals surface area contributed by atoms with Gasteiger partial charge in [0, 0.05) is 17.0 Å². The molecule has 8 nitrogen and oxygen atoms in total. The fraction of sp³-hybridized carbons (Fsp3) is 0.458. The van der Waals surface area contributed by atoms with Crippen LogP contribution >= 0.6 is 11.8 Å². The normalized spacial score (nSPS) is 13.4. The van der Waals surface area contributed by atoms with Gasteiger partial charge in [-0.25, -0.2) is 4.98 Å². The van der Waals surface area contributed by atoms with Crippen molar-refractivity contribution in [3.8, 4) is 17.2 Å². The van der Waals surface area contributed by atoms with Crippen LogP contribution in [-0.2, 0) is 0 Å². The van der Waals surface area contributed by atoms with E-state index in [1.807, 2.05) is 20.8 Å². The average molecular weight is 474 g/mol. The number of ether oxygens (including phenoxy) is 3. The molecule has 9 heteroatoms. The lowest BCUT2D eigenvalue weighted by atomic mass is 10.1. The van der Waals surface area contributed by atoms with Crippen LogP contribution in [0.15, 0.2) is 35.5 Å². The minimum atomic E-state index is -0.498. The van der Waals surface area contributed by atoms with E-state index in [1.165, 1.54) is 12.8 Å². The summed E-state index contributed by atoms with van der Waals surface area (Å²) in [6.45, 7) is 6.77. The van der Waals surface area contributed by atoms with Gasteiger partial charge in [0.1, 0.15) is 5.03 Å². The van der Waals surface area contributed by atoms with E-state index in [-0.39, 0.29) is 5.56 Å².